The third-order valence-corrected chi connectivity index (χ3v) is 9.61. The number of nitrogens with zero attached hydrogens (tertiary/aromatic N) is 3. The first kappa shape index (κ1) is 37.2. The molecule has 57 heavy (non-hydrogen) atoms. The third kappa shape index (κ3) is 7.03. The van der Waals surface area contributed by atoms with Crippen LogP contribution in [0, 0.1) is 0 Å². The first-order chi connectivity index (χ1) is 27.2. The zero-order chi connectivity index (χ0) is 40.1. The summed E-state index contributed by atoms with van der Waals surface area (Å²) >= 11 is 0. The monoisotopic (exact) mass is 781 g/mol. The Morgan fingerprint density at radius 2 is 0.702 bits per heavy atom. The second kappa shape index (κ2) is 14.1. The van der Waals surface area contributed by atoms with Gasteiger partial charge in [-0.2, -0.15) is 39.5 Å². The Labute approximate surface area is 320 Å². The number of para-hydroxylation sites is 4. The molecule has 0 aliphatic heterocycles. The number of anilines is 6. The molecule has 0 fully saturated rings. The van der Waals surface area contributed by atoms with Crippen molar-refractivity contribution in [3.63, 3.8) is 0 Å². The van der Waals surface area contributed by atoms with E-state index in [9.17, 15) is 39.5 Å². The number of hydrogen-bond donors (Lipinski definition) is 0. The molecule has 0 spiro atoms. The fourth-order valence-electron chi connectivity index (χ4n) is 7.18. The SMILES string of the molecule is FC(F)(F)c1cc(C(F)(F)F)c(N(c2ccc(N(c3ccccc3)c3ccccc3)cc2)c2ccc(-n3c4ccccc4c4ccccc43)cc2)c(C(F)(F)F)c1. The van der Waals surface area contributed by atoms with Crippen molar-refractivity contribution in [2.45, 2.75) is 18.5 Å². The predicted octanol–water partition coefficient (Wildman–Crippen LogP) is 14.8. The summed E-state index contributed by atoms with van der Waals surface area (Å²) in [6.45, 7) is 0. The van der Waals surface area contributed by atoms with Gasteiger partial charge < -0.3 is 14.4 Å². The standard InChI is InChI=1S/C45H28F9N3/c46-43(47,48)29-27-38(44(49,50)51)42(39(28-29)45(52,53)54)56(33-21-19-32(20-22-33)55(30-11-3-1-4-12-30)31-13-5-2-6-14-31)34-23-25-35(26-24-34)57-40-17-9-7-15-36(40)37-16-8-10-18-41(37)57/h1-28H. The molecule has 0 N–H and O–H groups in total. The van der Waals surface area contributed by atoms with Gasteiger partial charge in [0.1, 0.15) is 0 Å². The number of fused-ring (bicyclic) bond motifs is 3. The lowest BCUT2D eigenvalue weighted by molar-refractivity contribution is -0.147. The zero-order valence-electron chi connectivity index (χ0n) is 29.4. The summed E-state index contributed by atoms with van der Waals surface area (Å²) in [5.74, 6) is 0. The Bertz CT molecular complexity index is 2550. The molecule has 8 aromatic rings. The Hall–Kier alpha value is -6.69. The van der Waals surface area contributed by atoms with Gasteiger partial charge in [-0.3, -0.25) is 0 Å². The number of halogens is 9. The van der Waals surface area contributed by atoms with Gasteiger partial charge in [-0.25, -0.2) is 0 Å². The maximum Gasteiger partial charge on any atom is 0.418 e. The Balaban J connectivity index is 1.35. The van der Waals surface area contributed by atoms with Crippen LogP contribution in [0.15, 0.2) is 170 Å². The van der Waals surface area contributed by atoms with Gasteiger partial charge in [0.05, 0.1) is 33.4 Å². The van der Waals surface area contributed by atoms with Crippen LogP contribution in [0.2, 0.25) is 0 Å². The molecule has 286 valence electrons. The van der Waals surface area contributed by atoms with Gasteiger partial charge in [-0.05, 0) is 97.1 Å². The highest BCUT2D eigenvalue weighted by Crippen LogP contribution is 2.52. The van der Waals surface area contributed by atoms with Crippen LogP contribution in [0.25, 0.3) is 27.5 Å². The van der Waals surface area contributed by atoms with Crippen molar-refractivity contribution in [3.8, 4) is 5.69 Å². The highest BCUT2D eigenvalue weighted by atomic mass is 19.4. The first-order valence-corrected chi connectivity index (χ1v) is 17.5. The van der Waals surface area contributed by atoms with Crippen molar-refractivity contribution >= 4 is 55.9 Å². The van der Waals surface area contributed by atoms with Crippen LogP contribution in [0.1, 0.15) is 16.7 Å². The molecule has 0 amide bonds. The fourth-order valence-corrected chi connectivity index (χ4v) is 7.18. The predicted molar refractivity (Wildman–Crippen MR) is 205 cm³/mol. The Morgan fingerprint density at radius 3 is 1.11 bits per heavy atom. The number of alkyl halides is 9. The van der Waals surface area contributed by atoms with E-state index in [4.69, 9.17) is 0 Å². The molecule has 1 heterocycles. The average molecular weight is 782 g/mol. The largest absolute Gasteiger partial charge is 0.418 e. The van der Waals surface area contributed by atoms with E-state index in [1.54, 1.807) is 12.1 Å². The summed E-state index contributed by atoms with van der Waals surface area (Å²) in [5, 5.41) is 1.85. The topological polar surface area (TPSA) is 11.4 Å². The molecule has 0 atom stereocenters. The van der Waals surface area contributed by atoms with Crippen LogP contribution >= 0.6 is 0 Å². The van der Waals surface area contributed by atoms with Gasteiger partial charge in [-0.15, -0.1) is 0 Å². The molecule has 0 unspecified atom stereocenters. The Kier molecular flexibility index (Phi) is 9.22. The maximum atomic E-state index is 14.9. The minimum absolute atomic E-state index is 0.161. The van der Waals surface area contributed by atoms with Crippen LogP contribution in [0.4, 0.5) is 73.6 Å². The minimum Gasteiger partial charge on any atom is -0.311 e. The summed E-state index contributed by atoms with van der Waals surface area (Å²) in [7, 11) is 0. The second-order valence-electron chi connectivity index (χ2n) is 13.2. The van der Waals surface area contributed by atoms with E-state index in [0.29, 0.717) is 16.3 Å². The molecule has 0 radical (unpaired) electrons. The molecule has 0 aliphatic carbocycles. The Morgan fingerprint density at radius 1 is 0.351 bits per heavy atom. The van der Waals surface area contributed by atoms with Crippen molar-refractivity contribution < 1.29 is 39.5 Å². The van der Waals surface area contributed by atoms with E-state index in [-0.39, 0.29) is 23.5 Å². The van der Waals surface area contributed by atoms with Crippen molar-refractivity contribution in [1.29, 1.82) is 0 Å². The summed E-state index contributed by atoms with van der Waals surface area (Å²) < 4.78 is 133. The molecule has 0 saturated carbocycles. The highest BCUT2D eigenvalue weighted by molar-refractivity contribution is 6.09. The van der Waals surface area contributed by atoms with Crippen molar-refractivity contribution in [2.24, 2.45) is 0 Å². The van der Waals surface area contributed by atoms with Gasteiger partial charge in [-0.1, -0.05) is 72.8 Å². The average Bonchev–Trinajstić information content (AvgIpc) is 3.53. The molecule has 0 aliphatic rings. The van der Waals surface area contributed by atoms with Crippen molar-refractivity contribution in [1.82, 2.24) is 4.57 Å². The van der Waals surface area contributed by atoms with E-state index >= 15 is 0 Å². The molecule has 8 rings (SSSR count). The maximum absolute atomic E-state index is 14.9. The summed E-state index contributed by atoms with van der Waals surface area (Å²) in [5.41, 5.74) is -4.00. The van der Waals surface area contributed by atoms with E-state index < -0.39 is 40.9 Å². The highest BCUT2D eigenvalue weighted by Gasteiger charge is 2.46. The van der Waals surface area contributed by atoms with Gasteiger partial charge in [0.25, 0.3) is 0 Å². The molecule has 0 bridgehead atoms. The van der Waals surface area contributed by atoms with Crippen LogP contribution < -0.4 is 9.80 Å². The smallest absolute Gasteiger partial charge is 0.311 e. The lowest BCUT2D eigenvalue weighted by Crippen LogP contribution is -2.24. The third-order valence-electron chi connectivity index (χ3n) is 9.61. The lowest BCUT2D eigenvalue weighted by atomic mass is 9.98. The number of benzene rings is 7. The molecule has 0 saturated heterocycles. The van der Waals surface area contributed by atoms with Gasteiger partial charge in [0.2, 0.25) is 0 Å². The molecule has 3 nitrogen and oxygen atoms in total. The van der Waals surface area contributed by atoms with Gasteiger partial charge >= 0.3 is 18.5 Å². The number of hydrogen-bond acceptors (Lipinski definition) is 2. The van der Waals surface area contributed by atoms with E-state index in [1.165, 1.54) is 36.4 Å². The van der Waals surface area contributed by atoms with Crippen molar-refractivity contribution in [2.75, 3.05) is 9.80 Å². The summed E-state index contributed by atoms with van der Waals surface area (Å²) in [6, 6.07) is 44.3. The molecule has 12 heteroatoms. The number of aromatic nitrogens is 1. The second-order valence-corrected chi connectivity index (χ2v) is 13.2. The van der Waals surface area contributed by atoms with E-state index in [0.717, 1.165) is 33.2 Å². The number of rotatable bonds is 7. The van der Waals surface area contributed by atoms with E-state index in [1.807, 2.05) is 119 Å². The quantitative estimate of drug-likeness (QED) is 0.149. The normalized spacial score (nSPS) is 12.3. The fraction of sp³-hybridized carbons (Fsp3) is 0.0667. The molecule has 7 aromatic carbocycles. The van der Waals surface area contributed by atoms with Gasteiger partial charge in [0.15, 0.2) is 0 Å². The summed E-state index contributed by atoms with van der Waals surface area (Å²) in [4.78, 5) is 2.55. The van der Waals surface area contributed by atoms with Crippen LogP contribution in [0.3, 0.4) is 0 Å². The van der Waals surface area contributed by atoms with Crippen molar-refractivity contribution in [3.05, 3.63) is 187 Å². The summed E-state index contributed by atoms with van der Waals surface area (Å²) in [6.07, 6.45) is -16.8. The minimum atomic E-state index is -5.63. The van der Waals surface area contributed by atoms with E-state index in [2.05, 4.69) is 0 Å². The first-order valence-electron chi connectivity index (χ1n) is 17.5. The lowest BCUT2D eigenvalue weighted by Gasteiger charge is -2.32. The van der Waals surface area contributed by atoms with Crippen LogP contribution in [-0.4, -0.2) is 4.57 Å². The van der Waals surface area contributed by atoms with Crippen LogP contribution in [0.5, 0.6) is 0 Å². The zero-order valence-corrected chi connectivity index (χ0v) is 29.4. The molecular formula is C45H28F9N3. The van der Waals surface area contributed by atoms with Crippen LogP contribution in [-0.2, 0) is 18.5 Å². The molecule has 1 aromatic heterocycles. The molecular weight excluding hydrogens is 753 g/mol. The van der Waals surface area contributed by atoms with Gasteiger partial charge in [0, 0.05) is 44.9 Å².